The lowest BCUT2D eigenvalue weighted by Gasteiger charge is -2.32. The average molecular weight is 506 g/mol. The third-order valence-corrected chi connectivity index (χ3v) is 6.74. The van der Waals surface area contributed by atoms with Gasteiger partial charge in [0, 0.05) is 47.4 Å². The summed E-state index contributed by atoms with van der Waals surface area (Å²) in [4.78, 5) is 27.2. The number of ether oxygens (including phenoxy) is 1. The highest BCUT2D eigenvalue weighted by Crippen LogP contribution is 2.40. The van der Waals surface area contributed by atoms with Gasteiger partial charge in [0.05, 0.1) is 12.5 Å². The van der Waals surface area contributed by atoms with Gasteiger partial charge in [0.2, 0.25) is 0 Å². The molecule has 2 amide bonds. The van der Waals surface area contributed by atoms with Crippen molar-refractivity contribution in [2.45, 2.75) is 32.4 Å². The third-order valence-electron chi connectivity index (χ3n) is 6.15. The van der Waals surface area contributed by atoms with E-state index in [-0.39, 0.29) is 34.4 Å². The lowest BCUT2D eigenvalue weighted by atomic mass is 10.0. The van der Waals surface area contributed by atoms with E-state index in [9.17, 15) is 14.7 Å². The van der Waals surface area contributed by atoms with Gasteiger partial charge in [-0.2, -0.15) is 0 Å². The van der Waals surface area contributed by atoms with Gasteiger partial charge in [-0.1, -0.05) is 29.3 Å². The first kappa shape index (κ1) is 24.2. The second-order valence-electron chi connectivity index (χ2n) is 8.36. The minimum absolute atomic E-state index is 0.0293. The number of rotatable bonds is 6. The summed E-state index contributed by atoms with van der Waals surface area (Å²) in [5, 5.41) is 14.9. The number of amides is 2. The van der Waals surface area contributed by atoms with Crippen molar-refractivity contribution < 1.29 is 23.8 Å². The monoisotopic (exact) mass is 505 g/mol. The van der Waals surface area contributed by atoms with Crippen LogP contribution in [0.4, 0.5) is 0 Å². The van der Waals surface area contributed by atoms with Crippen LogP contribution in [0.2, 0.25) is 10.0 Å². The van der Waals surface area contributed by atoms with Crippen LogP contribution in [0.1, 0.15) is 44.9 Å². The van der Waals surface area contributed by atoms with Crippen molar-refractivity contribution >= 4 is 46.0 Å². The van der Waals surface area contributed by atoms with Crippen molar-refractivity contribution in [3.63, 3.8) is 0 Å². The predicted octanol–water partition coefficient (Wildman–Crippen LogP) is 4.26. The molecule has 0 saturated carbocycles. The smallest absolute Gasteiger partial charge is 0.287 e. The summed E-state index contributed by atoms with van der Waals surface area (Å²) in [6.45, 7) is 3.98. The summed E-state index contributed by atoms with van der Waals surface area (Å²) in [5.41, 5.74) is 6.77. The Bertz CT molecular complexity index is 1270. The van der Waals surface area contributed by atoms with Crippen LogP contribution in [0.25, 0.3) is 11.0 Å². The summed E-state index contributed by atoms with van der Waals surface area (Å²) in [6.07, 6.45) is 1.51. The molecular formula is C24H25Cl2N3O5. The van der Waals surface area contributed by atoms with Crippen molar-refractivity contribution in [1.82, 2.24) is 10.2 Å². The summed E-state index contributed by atoms with van der Waals surface area (Å²) in [6, 6.07) is 6.73. The number of piperidine rings is 1. The van der Waals surface area contributed by atoms with Gasteiger partial charge in [0.15, 0.2) is 11.3 Å². The molecule has 0 aliphatic carbocycles. The maximum Gasteiger partial charge on any atom is 0.287 e. The van der Waals surface area contributed by atoms with Gasteiger partial charge in [-0.3, -0.25) is 14.5 Å². The van der Waals surface area contributed by atoms with Crippen molar-refractivity contribution in [1.29, 1.82) is 0 Å². The summed E-state index contributed by atoms with van der Waals surface area (Å²) >= 11 is 12.3. The van der Waals surface area contributed by atoms with E-state index >= 15 is 0 Å². The Labute approximate surface area is 206 Å². The minimum Gasteiger partial charge on any atom is -0.507 e. The van der Waals surface area contributed by atoms with Gasteiger partial charge in [-0.25, -0.2) is 0 Å². The number of nitrogens with zero attached hydrogens (tertiary/aromatic N) is 1. The highest BCUT2D eigenvalue weighted by molar-refractivity contribution is 6.35. The molecule has 1 aliphatic rings. The van der Waals surface area contributed by atoms with Gasteiger partial charge in [0.1, 0.15) is 17.1 Å². The maximum atomic E-state index is 13.1. The number of likely N-dealkylation sites (tertiary alicyclic amines) is 1. The van der Waals surface area contributed by atoms with Crippen molar-refractivity contribution in [2.24, 2.45) is 5.73 Å². The molecule has 34 heavy (non-hydrogen) atoms. The lowest BCUT2D eigenvalue weighted by molar-refractivity contribution is 0.0880. The van der Waals surface area contributed by atoms with E-state index in [0.29, 0.717) is 27.5 Å². The maximum absolute atomic E-state index is 13.1. The Morgan fingerprint density at radius 1 is 1.26 bits per heavy atom. The van der Waals surface area contributed by atoms with Crippen LogP contribution in [-0.2, 0) is 6.54 Å². The van der Waals surface area contributed by atoms with Crippen LogP contribution in [0.3, 0.4) is 0 Å². The first-order valence-electron chi connectivity index (χ1n) is 10.8. The standard InChI is InChI=1S/C24H25Cl2N3O5/c1-12-19-18(33-2)10-17(30)20(23(27)31)22(19)34-21(12)24(32)28-15-5-7-29(8-6-15)11-13-3-4-14(25)9-16(13)26/h3-4,9-10,15,30H,5-8,11H2,1-2H3,(H2,27,31)(H,28,32). The van der Waals surface area contributed by atoms with Crippen molar-refractivity contribution in [3.8, 4) is 11.5 Å². The molecule has 2 aromatic carbocycles. The van der Waals surface area contributed by atoms with Gasteiger partial charge in [0.25, 0.3) is 11.8 Å². The zero-order valence-corrected chi connectivity index (χ0v) is 20.3. The Hall–Kier alpha value is -2.94. The number of primary amides is 1. The van der Waals surface area contributed by atoms with E-state index in [0.717, 1.165) is 31.5 Å². The number of nitrogens with one attached hydrogen (secondary N) is 1. The number of furan rings is 1. The zero-order chi connectivity index (χ0) is 24.6. The molecule has 0 spiro atoms. The van der Waals surface area contributed by atoms with E-state index in [1.54, 1.807) is 13.0 Å². The van der Waals surface area contributed by atoms with E-state index in [1.165, 1.54) is 13.2 Å². The molecule has 1 fully saturated rings. The van der Waals surface area contributed by atoms with Crippen LogP contribution in [0.15, 0.2) is 28.7 Å². The fourth-order valence-corrected chi connectivity index (χ4v) is 4.83. The number of carbonyl (C=O) groups excluding carboxylic acids is 2. The largest absolute Gasteiger partial charge is 0.507 e. The SMILES string of the molecule is COc1cc(O)c(C(N)=O)c2oc(C(=O)NC3CCN(Cc4ccc(Cl)cc4Cl)CC3)c(C)c12. The van der Waals surface area contributed by atoms with E-state index in [4.69, 9.17) is 38.1 Å². The summed E-state index contributed by atoms with van der Waals surface area (Å²) in [7, 11) is 1.43. The highest BCUT2D eigenvalue weighted by atomic mass is 35.5. The molecule has 0 radical (unpaired) electrons. The topological polar surface area (TPSA) is 118 Å². The van der Waals surface area contributed by atoms with Crippen LogP contribution >= 0.6 is 23.2 Å². The van der Waals surface area contributed by atoms with Gasteiger partial charge in [-0.15, -0.1) is 0 Å². The first-order valence-corrected chi connectivity index (χ1v) is 11.5. The molecule has 0 unspecified atom stereocenters. The number of methoxy groups -OCH3 is 1. The minimum atomic E-state index is -0.862. The van der Waals surface area contributed by atoms with Crippen LogP contribution < -0.4 is 15.8 Å². The average Bonchev–Trinajstić information content (AvgIpc) is 3.13. The molecule has 2 heterocycles. The van der Waals surface area contributed by atoms with Gasteiger partial charge < -0.3 is 25.3 Å². The molecule has 1 aliphatic heterocycles. The second-order valence-corrected chi connectivity index (χ2v) is 9.20. The van der Waals surface area contributed by atoms with Crippen LogP contribution in [-0.4, -0.2) is 48.1 Å². The summed E-state index contributed by atoms with van der Waals surface area (Å²) < 4.78 is 11.1. The fourth-order valence-electron chi connectivity index (χ4n) is 4.36. The van der Waals surface area contributed by atoms with E-state index < -0.39 is 11.8 Å². The van der Waals surface area contributed by atoms with Gasteiger partial charge >= 0.3 is 0 Å². The van der Waals surface area contributed by atoms with E-state index in [1.807, 2.05) is 12.1 Å². The molecule has 4 N–H and O–H groups in total. The molecule has 8 nitrogen and oxygen atoms in total. The number of nitrogens with two attached hydrogens (primary N) is 1. The number of carbonyl (C=O) groups is 2. The summed E-state index contributed by atoms with van der Waals surface area (Å²) in [5.74, 6) is -1.29. The lowest BCUT2D eigenvalue weighted by Crippen LogP contribution is -2.44. The Kier molecular flexibility index (Phi) is 6.93. The number of fused-ring (bicyclic) bond motifs is 1. The number of halogens is 2. The van der Waals surface area contributed by atoms with Crippen molar-refractivity contribution in [3.05, 3.63) is 56.8 Å². The molecule has 1 saturated heterocycles. The van der Waals surface area contributed by atoms with E-state index in [2.05, 4.69) is 10.2 Å². The fraction of sp³-hybridized carbons (Fsp3) is 0.333. The number of aryl methyl sites for hydroxylation is 1. The quantitative estimate of drug-likeness (QED) is 0.460. The second kappa shape index (κ2) is 9.74. The normalized spacial score (nSPS) is 14.9. The highest BCUT2D eigenvalue weighted by Gasteiger charge is 2.28. The Balaban J connectivity index is 1.47. The molecule has 0 bridgehead atoms. The zero-order valence-electron chi connectivity index (χ0n) is 18.8. The molecule has 10 heteroatoms. The number of hydrogen-bond acceptors (Lipinski definition) is 6. The van der Waals surface area contributed by atoms with Crippen LogP contribution in [0, 0.1) is 6.92 Å². The number of aromatic hydroxyl groups is 1. The number of hydrogen-bond donors (Lipinski definition) is 3. The van der Waals surface area contributed by atoms with Crippen molar-refractivity contribution in [2.75, 3.05) is 20.2 Å². The third kappa shape index (κ3) is 4.66. The Morgan fingerprint density at radius 3 is 2.59 bits per heavy atom. The molecule has 3 aromatic rings. The number of phenols is 1. The molecule has 1 aromatic heterocycles. The molecule has 4 rings (SSSR count). The number of benzene rings is 2. The van der Waals surface area contributed by atoms with Crippen LogP contribution in [0.5, 0.6) is 11.5 Å². The molecule has 0 atom stereocenters. The molecular weight excluding hydrogens is 481 g/mol. The molecule has 180 valence electrons. The van der Waals surface area contributed by atoms with Gasteiger partial charge in [-0.05, 0) is 37.5 Å². The predicted molar refractivity (Wildman–Crippen MR) is 130 cm³/mol. The first-order chi connectivity index (χ1) is 16.2. The Morgan fingerprint density at radius 2 is 1.97 bits per heavy atom.